The predicted octanol–water partition coefficient (Wildman–Crippen LogP) is 4.29. The van der Waals surface area contributed by atoms with E-state index < -0.39 is 0 Å². The minimum absolute atomic E-state index is 0.635. The maximum atomic E-state index is 6.11. The van der Waals surface area contributed by atoms with E-state index >= 15 is 0 Å². The highest BCUT2D eigenvalue weighted by atomic mass is 35.5. The minimum atomic E-state index is 0.635. The summed E-state index contributed by atoms with van der Waals surface area (Å²) in [5, 5.41) is 6.20. The number of halogens is 2. The van der Waals surface area contributed by atoms with Gasteiger partial charge in [-0.3, -0.25) is 4.99 Å². The lowest BCUT2D eigenvalue weighted by Gasteiger charge is -2.09. The number of nitrogens with one attached hydrogen (secondary N) is 1. The summed E-state index contributed by atoms with van der Waals surface area (Å²) >= 11 is 13.8. The molecule has 90 valence electrons. The van der Waals surface area contributed by atoms with Crippen molar-refractivity contribution in [2.24, 2.45) is 10.9 Å². The second-order valence-corrected chi connectivity index (χ2v) is 6.46. The van der Waals surface area contributed by atoms with Gasteiger partial charge in [0.1, 0.15) is 0 Å². The van der Waals surface area contributed by atoms with Crippen LogP contribution < -0.4 is 5.32 Å². The molecule has 1 saturated carbocycles. The third kappa shape index (κ3) is 2.72. The minimum Gasteiger partial charge on any atom is -0.334 e. The molecule has 17 heavy (non-hydrogen) atoms. The van der Waals surface area contributed by atoms with Gasteiger partial charge >= 0.3 is 0 Å². The molecule has 1 aromatic carbocycles. The average Bonchev–Trinajstić information content (AvgIpc) is 3.04. The van der Waals surface area contributed by atoms with E-state index in [0.29, 0.717) is 15.3 Å². The molecule has 1 aliphatic heterocycles. The van der Waals surface area contributed by atoms with Crippen molar-refractivity contribution in [3.8, 4) is 0 Å². The third-order valence-corrected chi connectivity index (χ3v) is 4.84. The maximum absolute atomic E-state index is 6.11. The number of hydrogen-bond donors (Lipinski definition) is 1. The first-order valence-electron chi connectivity index (χ1n) is 5.65. The van der Waals surface area contributed by atoms with Gasteiger partial charge in [0, 0.05) is 10.3 Å². The molecule has 1 fully saturated rings. The Labute approximate surface area is 115 Å². The lowest BCUT2D eigenvalue weighted by Crippen LogP contribution is -2.09. The molecule has 1 atom stereocenters. The van der Waals surface area contributed by atoms with E-state index in [2.05, 4.69) is 10.3 Å². The first-order valence-corrected chi connectivity index (χ1v) is 7.29. The van der Waals surface area contributed by atoms with E-state index in [9.17, 15) is 0 Å². The molecule has 0 amide bonds. The molecule has 0 radical (unpaired) electrons. The number of hydrogen-bond acceptors (Lipinski definition) is 3. The van der Waals surface area contributed by atoms with Gasteiger partial charge in [0.15, 0.2) is 5.17 Å². The van der Waals surface area contributed by atoms with Gasteiger partial charge in [-0.25, -0.2) is 0 Å². The standard InChI is InChI=1S/C12H12Cl2N2S/c13-8-3-4-10(9(14)5-8)16-12-15-6-11(17-12)7-1-2-7/h3-5,7,11H,1-2,6H2,(H,15,16). The van der Waals surface area contributed by atoms with Gasteiger partial charge in [-0.2, -0.15) is 0 Å². The summed E-state index contributed by atoms with van der Waals surface area (Å²) in [5.41, 5.74) is 0.874. The molecule has 0 saturated heterocycles. The van der Waals surface area contributed by atoms with Gasteiger partial charge in [-0.1, -0.05) is 35.0 Å². The lowest BCUT2D eigenvalue weighted by molar-refractivity contribution is 0.773. The smallest absolute Gasteiger partial charge is 0.161 e. The number of thioether (sulfide) groups is 1. The SMILES string of the molecule is Clc1ccc(NC2=NCC(C3CC3)S2)c(Cl)c1. The normalized spacial score (nSPS) is 23.6. The van der Waals surface area contributed by atoms with Crippen LogP contribution in [0.5, 0.6) is 0 Å². The van der Waals surface area contributed by atoms with Crippen LogP contribution in [0, 0.1) is 5.92 Å². The summed E-state index contributed by atoms with van der Waals surface area (Å²) in [7, 11) is 0. The van der Waals surface area contributed by atoms with Crippen LogP contribution in [0.25, 0.3) is 0 Å². The molecule has 1 N–H and O–H groups in total. The Morgan fingerprint density at radius 2 is 2.12 bits per heavy atom. The topological polar surface area (TPSA) is 24.4 Å². The monoisotopic (exact) mass is 286 g/mol. The zero-order valence-electron chi connectivity index (χ0n) is 9.12. The Balaban J connectivity index is 1.66. The van der Waals surface area contributed by atoms with Crippen molar-refractivity contribution in [2.75, 3.05) is 11.9 Å². The van der Waals surface area contributed by atoms with Crippen LogP contribution in [-0.2, 0) is 0 Å². The fourth-order valence-corrected chi connectivity index (χ4v) is 3.55. The summed E-state index contributed by atoms with van der Waals surface area (Å²) in [6.07, 6.45) is 2.73. The summed E-state index contributed by atoms with van der Waals surface area (Å²) in [5.74, 6) is 0.878. The molecule has 2 aliphatic rings. The van der Waals surface area contributed by atoms with Gasteiger partial charge in [0.05, 0.1) is 17.3 Å². The van der Waals surface area contributed by atoms with E-state index in [1.807, 2.05) is 23.9 Å². The van der Waals surface area contributed by atoms with Crippen molar-refractivity contribution in [3.05, 3.63) is 28.2 Å². The summed E-state index contributed by atoms with van der Waals surface area (Å²) < 4.78 is 0. The molecule has 1 aromatic rings. The highest BCUT2D eigenvalue weighted by Crippen LogP contribution is 2.42. The first kappa shape index (κ1) is 11.7. The van der Waals surface area contributed by atoms with Crippen LogP contribution in [0.2, 0.25) is 10.0 Å². The Morgan fingerprint density at radius 3 is 2.82 bits per heavy atom. The van der Waals surface area contributed by atoms with Crippen LogP contribution >= 0.6 is 35.0 Å². The van der Waals surface area contributed by atoms with Crippen molar-refractivity contribution in [2.45, 2.75) is 18.1 Å². The molecule has 0 spiro atoms. The second-order valence-electron chi connectivity index (χ2n) is 4.39. The Bertz CT molecular complexity index is 472. The first-order chi connectivity index (χ1) is 8.22. The molecule has 3 rings (SSSR count). The highest BCUT2D eigenvalue weighted by molar-refractivity contribution is 8.15. The van der Waals surface area contributed by atoms with Gasteiger partial charge in [0.25, 0.3) is 0 Å². The number of rotatable bonds is 2. The zero-order chi connectivity index (χ0) is 11.8. The van der Waals surface area contributed by atoms with Gasteiger partial charge < -0.3 is 5.32 Å². The number of aliphatic imine (C=N–C) groups is 1. The fraction of sp³-hybridized carbons (Fsp3) is 0.417. The van der Waals surface area contributed by atoms with E-state index in [-0.39, 0.29) is 0 Å². The molecule has 1 aliphatic carbocycles. The van der Waals surface area contributed by atoms with Crippen LogP contribution in [-0.4, -0.2) is 17.0 Å². The quantitative estimate of drug-likeness (QED) is 0.877. The van der Waals surface area contributed by atoms with Crippen LogP contribution in [0.15, 0.2) is 23.2 Å². The molecule has 2 nitrogen and oxygen atoms in total. The van der Waals surface area contributed by atoms with Gasteiger partial charge in [-0.05, 0) is 37.0 Å². The van der Waals surface area contributed by atoms with Crippen molar-refractivity contribution >= 4 is 45.8 Å². The van der Waals surface area contributed by atoms with E-state index in [1.165, 1.54) is 12.8 Å². The Kier molecular flexibility index (Phi) is 3.24. The van der Waals surface area contributed by atoms with Crippen LogP contribution in [0.4, 0.5) is 5.69 Å². The number of anilines is 1. The second kappa shape index (κ2) is 4.71. The van der Waals surface area contributed by atoms with E-state index in [4.69, 9.17) is 23.2 Å². The lowest BCUT2D eigenvalue weighted by atomic mass is 10.3. The largest absolute Gasteiger partial charge is 0.334 e. The van der Waals surface area contributed by atoms with Crippen molar-refractivity contribution in [1.82, 2.24) is 0 Å². The molecular weight excluding hydrogens is 275 g/mol. The fourth-order valence-electron chi connectivity index (χ4n) is 1.88. The molecule has 0 bridgehead atoms. The van der Waals surface area contributed by atoms with E-state index in [1.54, 1.807) is 6.07 Å². The number of benzene rings is 1. The maximum Gasteiger partial charge on any atom is 0.161 e. The zero-order valence-corrected chi connectivity index (χ0v) is 11.4. The molecule has 1 heterocycles. The molecule has 0 aromatic heterocycles. The number of amidine groups is 1. The number of nitrogens with zero attached hydrogens (tertiary/aromatic N) is 1. The average molecular weight is 287 g/mol. The van der Waals surface area contributed by atoms with Crippen molar-refractivity contribution in [3.63, 3.8) is 0 Å². The van der Waals surface area contributed by atoms with Crippen molar-refractivity contribution < 1.29 is 0 Å². The molecular formula is C12H12Cl2N2S. The Hall–Kier alpha value is -0.380. The Morgan fingerprint density at radius 1 is 1.29 bits per heavy atom. The van der Waals surface area contributed by atoms with Crippen LogP contribution in [0.3, 0.4) is 0 Å². The third-order valence-electron chi connectivity index (χ3n) is 3.00. The van der Waals surface area contributed by atoms with E-state index in [0.717, 1.165) is 23.3 Å². The van der Waals surface area contributed by atoms with Gasteiger partial charge in [0.2, 0.25) is 0 Å². The molecule has 5 heteroatoms. The summed E-state index contributed by atoms with van der Waals surface area (Å²) in [4.78, 5) is 4.51. The summed E-state index contributed by atoms with van der Waals surface area (Å²) in [6.45, 7) is 0.933. The summed E-state index contributed by atoms with van der Waals surface area (Å²) in [6, 6.07) is 5.45. The van der Waals surface area contributed by atoms with Crippen molar-refractivity contribution in [1.29, 1.82) is 0 Å². The molecule has 1 unspecified atom stereocenters. The predicted molar refractivity (Wildman–Crippen MR) is 76.5 cm³/mol. The van der Waals surface area contributed by atoms with Crippen LogP contribution in [0.1, 0.15) is 12.8 Å². The van der Waals surface area contributed by atoms with Gasteiger partial charge in [-0.15, -0.1) is 0 Å². The highest BCUT2D eigenvalue weighted by Gasteiger charge is 2.35.